The van der Waals surface area contributed by atoms with Gasteiger partial charge in [-0.2, -0.15) is 0 Å². The molecule has 4 rings (SSSR count). The van der Waals surface area contributed by atoms with Crippen LogP contribution >= 0.6 is 22.6 Å². The van der Waals surface area contributed by atoms with Gasteiger partial charge in [-0.15, -0.1) is 6.42 Å². The molecule has 3 atom stereocenters. The number of ether oxygens (including phenoxy) is 1. The van der Waals surface area contributed by atoms with Crippen molar-refractivity contribution < 1.29 is 9.53 Å². The van der Waals surface area contributed by atoms with E-state index < -0.39 is 3.42 Å². The molecule has 2 bridgehead atoms. The van der Waals surface area contributed by atoms with E-state index >= 15 is 0 Å². The molecule has 1 unspecified atom stereocenters. The van der Waals surface area contributed by atoms with Crippen molar-refractivity contribution in [2.75, 3.05) is 20.2 Å². The summed E-state index contributed by atoms with van der Waals surface area (Å²) in [5, 5.41) is 1.11. The Bertz CT molecular complexity index is 984. The van der Waals surface area contributed by atoms with E-state index in [1.807, 2.05) is 12.1 Å². The number of benzene rings is 1. The number of hydrogen-bond acceptors (Lipinski definition) is 3. The molecule has 0 saturated heterocycles. The highest BCUT2D eigenvalue weighted by atomic mass is 127. The summed E-state index contributed by atoms with van der Waals surface area (Å²) in [6.07, 6.45) is 9.77. The molecule has 5 heteroatoms. The number of terminal acetylenes is 1. The zero-order valence-corrected chi connectivity index (χ0v) is 17.8. The lowest BCUT2D eigenvalue weighted by Gasteiger charge is -2.39. The second-order valence-electron chi connectivity index (χ2n) is 7.49. The van der Waals surface area contributed by atoms with Crippen molar-refractivity contribution in [3.63, 3.8) is 0 Å². The molecule has 1 N–H and O–H groups in total. The Morgan fingerprint density at radius 1 is 1.48 bits per heavy atom. The average molecular weight is 474 g/mol. The van der Waals surface area contributed by atoms with Gasteiger partial charge < -0.3 is 9.72 Å². The van der Waals surface area contributed by atoms with Crippen LogP contribution in [0.1, 0.15) is 36.6 Å². The van der Waals surface area contributed by atoms with Crippen LogP contribution in [-0.4, -0.2) is 36.1 Å². The van der Waals surface area contributed by atoms with E-state index in [-0.39, 0.29) is 5.97 Å². The Balaban J connectivity index is 1.94. The first kappa shape index (κ1) is 18.6. The van der Waals surface area contributed by atoms with Gasteiger partial charge in [0.15, 0.2) is 3.42 Å². The van der Waals surface area contributed by atoms with Crippen LogP contribution < -0.4 is 0 Å². The van der Waals surface area contributed by atoms with Crippen LogP contribution in [0.4, 0.5) is 0 Å². The quantitative estimate of drug-likeness (QED) is 0.234. The van der Waals surface area contributed by atoms with E-state index in [1.165, 1.54) is 12.7 Å². The van der Waals surface area contributed by atoms with E-state index in [9.17, 15) is 4.79 Å². The minimum Gasteiger partial charge on any atom is -0.468 e. The van der Waals surface area contributed by atoms with Gasteiger partial charge in [-0.05, 0) is 42.5 Å². The number of rotatable bonds is 2. The third-order valence-electron chi connectivity index (χ3n) is 5.75. The number of fused-ring (bicyclic) bond motifs is 5. The summed E-state index contributed by atoms with van der Waals surface area (Å²) in [7, 11) is 1.47. The van der Waals surface area contributed by atoms with Crippen LogP contribution in [0.5, 0.6) is 0 Å². The second-order valence-corrected chi connectivity index (χ2v) is 9.33. The van der Waals surface area contributed by atoms with Crippen LogP contribution in [0.3, 0.4) is 0 Å². The summed E-state index contributed by atoms with van der Waals surface area (Å²) in [6, 6.07) is 6.01. The molecule has 0 fully saturated rings. The summed E-state index contributed by atoms with van der Waals surface area (Å²) < 4.78 is 4.51. The molecule has 0 radical (unpaired) electrons. The standard InChI is InChI=1S/C22H23IN2O2/c1-4-14-6-7-19-17(9-14)18-13-25-11-15(5-2)8-16(12-25)10-22(23,20(18)24-19)21(26)27-3/h1,6-9,16,24H,5,10-13H2,2-3H3/t16-,22+/m1/s1. The van der Waals surface area contributed by atoms with Crippen molar-refractivity contribution in [1.82, 2.24) is 9.88 Å². The predicted octanol–water partition coefficient (Wildman–Crippen LogP) is 4.12. The number of methoxy groups -OCH3 is 1. The van der Waals surface area contributed by atoms with Gasteiger partial charge in [0, 0.05) is 41.8 Å². The van der Waals surface area contributed by atoms with Gasteiger partial charge in [-0.3, -0.25) is 9.69 Å². The second kappa shape index (κ2) is 6.99. The fraction of sp³-hybridized carbons (Fsp3) is 0.409. The molecule has 0 amide bonds. The Hall–Kier alpha value is -1.78. The maximum atomic E-state index is 12.9. The summed E-state index contributed by atoms with van der Waals surface area (Å²) in [6.45, 7) is 4.96. The van der Waals surface area contributed by atoms with Crippen LogP contribution in [0.2, 0.25) is 0 Å². The van der Waals surface area contributed by atoms with Crippen molar-refractivity contribution in [3.05, 3.63) is 46.7 Å². The summed E-state index contributed by atoms with van der Waals surface area (Å²) in [5.41, 5.74) is 5.45. The highest BCUT2D eigenvalue weighted by Crippen LogP contribution is 2.46. The minimum absolute atomic E-state index is 0.196. The number of H-pyrrole nitrogens is 1. The van der Waals surface area contributed by atoms with Gasteiger partial charge in [0.1, 0.15) is 0 Å². The first-order valence-corrected chi connectivity index (χ1v) is 10.4. The van der Waals surface area contributed by atoms with Crippen LogP contribution in [0, 0.1) is 18.3 Å². The fourth-order valence-electron chi connectivity index (χ4n) is 4.47. The Labute approximate surface area is 173 Å². The van der Waals surface area contributed by atoms with E-state index in [2.05, 4.69) is 57.5 Å². The maximum absolute atomic E-state index is 12.9. The summed E-state index contributed by atoms with van der Waals surface area (Å²) in [5.74, 6) is 2.87. The van der Waals surface area contributed by atoms with Gasteiger partial charge in [-0.25, -0.2) is 0 Å². The molecule has 3 heterocycles. The first-order chi connectivity index (χ1) is 13.0. The monoisotopic (exact) mass is 474 g/mol. The van der Waals surface area contributed by atoms with Crippen molar-refractivity contribution in [2.24, 2.45) is 5.92 Å². The van der Waals surface area contributed by atoms with Gasteiger partial charge in [0.2, 0.25) is 0 Å². The third-order valence-corrected chi connectivity index (χ3v) is 7.17. The fourth-order valence-corrected chi connectivity index (χ4v) is 5.72. The van der Waals surface area contributed by atoms with Crippen LogP contribution in [-0.2, 0) is 19.5 Å². The minimum atomic E-state index is -0.735. The van der Waals surface area contributed by atoms with Crippen molar-refractivity contribution >= 4 is 39.5 Å². The van der Waals surface area contributed by atoms with E-state index in [0.717, 1.165) is 60.2 Å². The van der Waals surface area contributed by atoms with Gasteiger partial charge in [0.25, 0.3) is 0 Å². The van der Waals surface area contributed by atoms with E-state index in [1.54, 1.807) is 0 Å². The van der Waals surface area contributed by atoms with Crippen LogP contribution in [0.25, 0.3) is 10.9 Å². The lowest BCUT2D eigenvalue weighted by molar-refractivity contribution is -0.143. The highest BCUT2D eigenvalue weighted by molar-refractivity contribution is 14.1. The molecular weight excluding hydrogens is 451 g/mol. The van der Waals surface area contributed by atoms with Gasteiger partial charge in [-0.1, -0.05) is 47.1 Å². The summed E-state index contributed by atoms with van der Waals surface area (Å²) in [4.78, 5) is 18.9. The number of carbonyl (C=O) groups is 1. The van der Waals surface area contributed by atoms with Crippen molar-refractivity contribution in [2.45, 2.75) is 29.7 Å². The Morgan fingerprint density at radius 3 is 3.00 bits per heavy atom. The molecule has 0 saturated carbocycles. The SMILES string of the molecule is C#Cc1ccc2[nH]c3c(c2c1)CN1CC(CC)=C[C@@H](C1)C[C@@]3(I)C(=O)OC. The molecule has 4 nitrogen and oxygen atoms in total. The molecule has 2 aromatic rings. The first-order valence-electron chi connectivity index (χ1n) is 9.29. The lowest BCUT2D eigenvalue weighted by atomic mass is 9.84. The summed E-state index contributed by atoms with van der Waals surface area (Å²) >= 11 is 2.30. The largest absolute Gasteiger partial charge is 0.468 e. The van der Waals surface area contributed by atoms with Gasteiger partial charge >= 0.3 is 5.97 Å². The molecular formula is C22H23IN2O2. The molecule has 0 aliphatic carbocycles. The molecule has 1 aromatic heterocycles. The van der Waals surface area contributed by atoms with Crippen molar-refractivity contribution in [3.8, 4) is 12.3 Å². The van der Waals surface area contributed by atoms with E-state index in [4.69, 9.17) is 11.2 Å². The normalized spacial score (nSPS) is 27.1. The number of halogens is 1. The molecule has 2 aliphatic rings. The average Bonchev–Trinajstić information content (AvgIpc) is 3.04. The van der Waals surface area contributed by atoms with E-state index in [0.29, 0.717) is 5.92 Å². The van der Waals surface area contributed by atoms with Crippen molar-refractivity contribution in [1.29, 1.82) is 0 Å². The molecule has 140 valence electrons. The topological polar surface area (TPSA) is 45.3 Å². The maximum Gasteiger partial charge on any atom is 0.327 e. The number of hydrogen-bond donors (Lipinski definition) is 1. The highest BCUT2D eigenvalue weighted by Gasteiger charge is 2.46. The number of carbonyl (C=O) groups excluding carboxylic acids is 1. The molecule has 27 heavy (non-hydrogen) atoms. The number of esters is 1. The predicted molar refractivity (Wildman–Crippen MR) is 116 cm³/mol. The number of alkyl halides is 1. The number of aromatic amines is 1. The lowest BCUT2D eigenvalue weighted by Crippen LogP contribution is -2.43. The Morgan fingerprint density at radius 2 is 2.30 bits per heavy atom. The molecule has 2 aliphatic heterocycles. The number of aromatic nitrogens is 1. The molecule has 0 spiro atoms. The van der Waals surface area contributed by atoms with Crippen LogP contribution in [0.15, 0.2) is 29.8 Å². The smallest absolute Gasteiger partial charge is 0.327 e. The van der Waals surface area contributed by atoms with Gasteiger partial charge in [0.05, 0.1) is 7.11 Å². The zero-order chi connectivity index (χ0) is 19.2. The number of nitrogens with zero attached hydrogens (tertiary/aromatic N) is 1. The molecule has 1 aromatic carbocycles. The zero-order valence-electron chi connectivity index (χ0n) is 15.6. The number of nitrogens with one attached hydrogen (secondary N) is 1. The third kappa shape index (κ3) is 3.09. The Kier molecular flexibility index (Phi) is 4.81.